The summed E-state index contributed by atoms with van der Waals surface area (Å²) < 4.78 is 1.000. The molecule has 0 aliphatic carbocycles. The first-order valence-electron chi connectivity index (χ1n) is 6.90. The van der Waals surface area contributed by atoms with Crippen molar-refractivity contribution in [3.8, 4) is 9.88 Å². The Balaban J connectivity index is 1.69. The summed E-state index contributed by atoms with van der Waals surface area (Å²) in [5, 5.41) is 7.32. The maximum absolute atomic E-state index is 12.3. The second kappa shape index (κ2) is 7.25. The van der Waals surface area contributed by atoms with Gasteiger partial charge in [0, 0.05) is 20.9 Å². The van der Waals surface area contributed by atoms with E-state index in [4.69, 9.17) is 5.73 Å². The molecule has 24 heavy (non-hydrogen) atoms. The highest BCUT2D eigenvalue weighted by atomic mass is 79.9. The Bertz CT molecular complexity index is 887. The summed E-state index contributed by atoms with van der Waals surface area (Å²) in [6.07, 6.45) is 0.181. The Morgan fingerprint density at radius 1 is 1.17 bits per heavy atom. The SMILES string of the molecule is NC(=O)Cc1ccc(NC(=O)c2csc(-c3cc(Br)cs3)n2)cc1. The van der Waals surface area contributed by atoms with Crippen molar-refractivity contribution in [2.24, 2.45) is 5.73 Å². The van der Waals surface area contributed by atoms with E-state index in [2.05, 4.69) is 26.2 Å². The summed E-state index contributed by atoms with van der Waals surface area (Å²) in [6.45, 7) is 0. The predicted molar refractivity (Wildman–Crippen MR) is 100 cm³/mol. The molecule has 2 heterocycles. The van der Waals surface area contributed by atoms with Gasteiger partial charge < -0.3 is 11.1 Å². The first kappa shape index (κ1) is 16.8. The summed E-state index contributed by atoms with van der Waals surface area (Å²) in [4.78, 5) is 28.6. The van der Waals surface area contributed by atoms with E-state index in [1.807, 2.05) is 11.4 Å². The number of nitrogens with two attached hydrogens (primary N) is 1. The van der Waals surface area contributed by atoms with E-state index in [0.717, 1.165) is 19.9 Å². The van der Waals surface area contributed by atoms with Gasteiger partial charge in [-0.2, -0.15) is 0 Å². The van der Waals surface area contributed by atoms with Crippen LogP contribution < -0.4 is 11.1 Å². The van der Waals surface area contributed by atoms with E-state index >= 15 is 0 Å². The van der Waals surface area contributed by atoms with Gasteiger partial charge >= 0.3 is 0 Å². The molecule has 3 N–H and O–H groups in total. The van der Waals surface area contributed by atoms with Crippen LogP contribution in [0.4, 0.5) is 5.69 Å². The number of benzene rings is 1. The molecule has 3 rings (SSSR count). The number of rotatable bonds is 5. The van der Waals surface area contributed by atoms with Gasteiger partial charge in [0.15, 0.2) is 0 Å². The number of carbonyl (C=O) groups is 2. The Kier molecular flexibility index (Phi) is 5.08. The molecule has 0 fully saturated rings. The third-order valence-corrected chi connectivity index (χ3v) is 5.81. The molecule has 3 aromatic rings. The minimum atomic E-state index is -0.387. The van der Waals surface area contributed by atoms with Gasteiger partial charge in [-0.3, -0.25) is 9.59 Å². The van der Waals surface area contributed by atoms with Gasteiger partial charge in [0.1, 0.15) is 10.7 Å². The van der Waals surface area contributed by atoms with E-state index in [-0.39, 0.29) is 18.2 Å². The van der Waals surface area contributed by atoms with Gasteiger partial charge in [-0.1, -0.05) is 12.1 Å². The fourth-order valence-electron chi connectivity index (χ4n) is 2.02. The molecule has 1 aromatic carbocycles. The van der Waals surface area contributed by atoms with Crippen LogP contribution in [0.25, 0.3) is 9.88 Å². The average molecular weight is 422 g/mol. The van der Waals surface area contributed by atoms with E-state index < -0.39 is 0 Å². The number of anilines is 1. The van der Waals surface area contributed by atoms with E-state index in [1.165, 1.54) is 11.3 Å². The minimum absolute atomic E-state index is 0.181. The van der Waals surface area contributed by atoms with Gasteiger partial charge in [-0.25, -0.2) is 4.98 Å². The number of halogens is 1. The first-order valence-corrected chi connectivity index (χ1v) is 9.45. The van der Waals surface area contributed by atoms with Crippen LogP contribution in [0.2, 0.25) is 0 Å². The van der Waals surface area contributed by atoms with Gasteiger partial charge in [0.05, 0.1) is 11.3 Å². The zero-order valence-corrected chi connectivity index (χ0v) is 15.5. The van der Waals surface area contributed by atoms with E-state index in [1.54, 1.807) is 41.0 Å². The molecular weight excluding hydrogens is 410 g/mol. The zero-order chi connectivity index (χ0) is 17.1. The minimum Gasteiger partial charge on any atom is -0.369 e. The van der Waals surface area contributed by atoms with Crippen LogP contribution >= 0.6 is 38.6 Å². The molecule has 8 heteroatoms. The molecule has 122 valence electrons. The Morgan fingerprint density at radius 3 is 2.54 bits per heavy atom. The average Bonchev–Trinajstić information content (AvgIpc) is 3.17. The van der Waals surface area contributed by atoms with Gasteiger partial charge in [-0.05, 0) is 39.7 Å². The fraction of sp³-hybridized carbons (Fsp3) is 0.0625. The lowest BCUT2D eigenvalue weighted by atomic mass is 10.1. The number of carbonyl (C=O) groups excluding carboxylic acids is 2. The van der Waals surface area contributed by atoms with Crippen molar-refractivity contribution in [2.75, 3.05) is 5.32 Å². The van der Waals surface area contributed by atoms with Crippen LogP contribution in [0, 0.1) is 0 Å². The third kappa shape index (κ3) is 4.08. The molecule has 2 aromatic heterocycles. The lowest BCUT2D eigenvalue weighted by molar-refractivity contribution is -0.117. The molecule has 0 saturated heterocycles. The van der Waals surface area contributed by atoms with Crippen LogP contribution in [0.5, 0.6) is 0 Å². The first-order chi connectivity index (χ1) is 11.5. The maximum atomic E-state index is 12.3. The second-order valence-corrected chi connectivity index (χ2v) is 7.65. The second-order valence-electron chi connectivity index (χ2n) is 4.96. The van der Waals surface area contributed by atoms with Crippen molar-refractivity contribution in [3.63, 3.8) is 0 Å². The Morgan fingerprint density at radius 2 is 1.92 bits per heavy atom. The van der Waals surface area contributed by atoms with Crippen molar-refractivity contribution >= 4 is 56.1 Å². The summed E-state index contributed by atoms with van der Waals surface area (Å²) in [6, 6.07) is 8.97. The van der Waals surface area contributed by atoms with Crippen LogP contribution in [-0.4, -0.2) is 16.8 Å². The van der Waals surface area contributed by atoms with Gasteiger partial charge in [0.2, 0.25) is 5.91 Å². The molecule has 0 bridgehead atoms. The van der Waals surface area contributed by atoms with Crippen molar-refractivity contribution < 1.29 is 9.59 Å². The summed E-state index contributed by atoms with van der Waals surface area (Å²) in [5.74, 6) is -0.655. The standard InChI is InChI=1S/C16H12BrN3O2S2/c17-10-6-13(23-7-10)16-20-12(8-24-16)15(22)19-11-3-1-9(2-4-11)5-14(18)21/h1-4,6-8H,5H2,(H2,18,21)(H,19,22). The zero-order valence-electron chi connectivity index (χ0n) is 12.3. The number of aromatic nitrogens is 1. The number of amides is 2. The molecule has 0 spiro atoms. The molecule has 0 saturated carbocycles. The number of hydrogen-bond donors (Lipinski definition) is 2. The maximum Gasteiger partial charge on any atom is 0.275 e. The molecule has 5 nitrogen and oxygen atoms in total. The number of nitrogens with zero attached hydrogens (tertiary/aromatic N) is 1. The van der Waals surface area contributed by atoms with Crippen molar-refractivity contribution in [3.05, 3.63) is 56.8 Å². The highest BCUT2D eigenvalue weighted by Crippen LogP contribution is 2.32. The van der Waals surface area contributed by atoms with Crippen molar-refractivity contribution in [1.29, 1.82) is 0 Å². The van der Waals surface area contributed by atoms with E-state index in [0.29, 0.717) is 11.4 Å². The number of thiazole rings is 1. The molecule has 2 amide bonds. The highest BCUT2D eigenvalue weighted by molar-refractivity contribution is 9.10. The molecule has 0 aliphatic rings. The largest absolute Gasteiger partial charge is 0.369 e. The molecule has 0 radical (unpaired) electrons. The third-order valence-electron chi connectivity index (χ3n) is 3.11. The van der Waals surface area contributed by atoms with Gasteiger partial charge in [0.25, 0.3) is 5.91 Å². The van der Waals surface area contributed by atoms with Gasteiger partial charge in [-0.15, -0.1) is 22.7 Å². The monoisotopic (exact) mass is 421 g/mol. The van der Waals surface area contributed by atoms with Crippen molar-refractivity contribution in [1.82, 2.24) is 4.98 Å². The Labute approximate surface area is 154 Å². The topological polar surface area (TPSA) is 85.1 Å². The number of nitrogens with one attached hydrogen (secondary N) is 1. The van der Waals surface area contributed by atoms with Crippen molar-refractivity contribution in [2.45, 2.75) is 6.42 Å². The van der Waals surface area contributed by atoms with Crippen LogP contribution in [0.15, 0.2) is 45.6 Å². The van der Waals surface area contributed by atoms with Crippen LogP contribution in [-0.2, 0) is 11.2 Å². The molecule has 0 aliphatic heterocycles. The number of hydrogen-bond acceptors (Lipinski definition) is 5. The smallest absolute Gasteiger partial charge is 0.275 e. The number of thiophene rings is 1. The van der Waals surface area contributed by atoms with E-state index in [9.17, 15) is 9.59 Å². The normalized spacial score (nSPS) is 10.5. The quantitative estimate of drug-likeness (QED) is 0.654. The Hall–Kier alpha value is -2.03. The fourth-order valence-corrected chi connectivity index (χ4v) is 4.33. The number of primary amides is 1. The predicted octanol–water partition coefficient (Wildman–Crippen LogP) is 3.91. The molecular formula is C16H12BrN3O2S2. The highest BCUT2D eigenvalue weighted by Gasteiger charge is 2.13. The molecule has 0 atom stereocenters. The summed E-state index contributed by atoms with van der Waals surface area (Å²) in [7, 11) is 0. The van der Waals surface area contributed by atoms with Crippen LogP contribution in [0.3, 0.4) is 0 Å². The van der Waals surface area contributed by atoms with Crippen LogP contribution in [0.1, 0.15) is 16.1 Å². The lowest BCUT2D eigenvalue weighted by Crippen LogP contribution is -2.14. The lowest BCUT2D eigenvalue weighted by Gasteiger charge is -2.04. The summed E-state index contributed by atoms with van der Waals surface area (Å²) in [5.41, 5.74) is 6.97. The summed E-state index contributed by atoms with van der Waals surface area (Å²) >= 11 is 6.41. The molecule has 0 unspecified atom stereocenters.